The highest BCUT2D eigenvalue weighted by atomic mass is 16.1. The van der Waals surface area contributed by atoms with Crippen LogP contribution in [0, 0.1) is 0 Å². The summed E-state index contributed by atoms with van der Waals surface area (Å²) in [5, 5.41) is 0. The Hall–Kier alpha value is -0.590. The molecule has 1 nitrogen and oxygen atoms in total. The van der Waals surface area contributed by atoms with Gasteiger partial charge in [0.15, 0.2) is 0 Å². The first-order valence-corrected chi connectivity index (χ1v) is 6.37. The van der Waals surface area contributed by atoms with E-state index >= 15 is 0 Å². The largest absolute Gasteiger partial charge is 0.300 e. The molecule has 0 spiro atoms. The lowest BCUT2D eigenvalue weighted by Gasteiger charge is -2.00. The summed E-state index contributed by atoms with van der Waals surface area (Å²) in [6, 6.07) is 0. The van der Waals surface area contributed by atoms with E-state index < -0.39 is 0 Å². The molecule has 0 aliphatic heterocycles. The highest BCUT2D eigenvalue weighted by Gasteiger charge is 1.94. The molecule has 15 heavy (non-hydrogen) atoms. The van der Waals surface area contributed by atoms with Crippen LogP contribution in [0.15, 0.2) is 12.7 Å². The van der Waals surface area contributed by atoms with Gasteiger partial charge in [0.05, 0.1) is 0 Å². The average molecular weight is 210 g/mol. The van der Waals surface area contributed by atoms with Gasteiger partial charge in [-0.15, -0.1) is 6.58 Å². The highest BCUT2D eigenvalue weighted by Crippen LogP contribution is 2.10. The number of ketones is 1. The fourth-order valence-electron chi connectivity index (χ4n) is 1.72. The van der Waals surface area contributed by atoms with Gasteiger partial charge >= 0.3 is 0 Å². The Morgan fingerprint density at radius 1 is 0.933 bits per heavy atom. The van der Waals surface area contributed by atoms with Crippen LogP contribution in [-0.2, 0) is 4.79 Å². The van der Waals surface area contributed by atoms with Crippen LogP contribution in [0.1, 0.15) is 71.1 Å². The molecular formula is C14H26O. The highest BCUT2D eigenvalue weighted by molar-refractivity contribution is 5.75. The number of hydrogen-bond donors (Lipinski definition) is 0. The number of allylic oxidation sites excluding steroid dienone is 1. The van der Waals surface area contributed by atoms with Gasteiger partial charge in [-0.1, -0.05) is 44.6 Å². The van der Waals surface area contributed by atoms with Gasteiger partial charge < -0.3 is 4.79 Å². The van der Waals surface area contributed by atoms with Gasteiger partial charge in [0.25, 0.3) is 0 Å². The SMILES string of the molecule is C=CCCCCCCCCCCC(C)=O. The minimum atomic E-state index is 0.333. The Bertz CT molecular complexity index is 161. The first-order chi connectivity index (χ1) is 7.27. The van der Waals surface area contributed by atoms with Crippen molar-refractivity contribution in [3.05, 3.63) is 12.7 Å². The molecule has 1 heteroatoms. The van der Waals surface area contributed by atoms with Crippen LogP contribution in [0.5, 0.6) is 0 Å². The van der Waals surface area contributed by atoms with E-state index in [1.807, 2.05) is 6.08 Å². The van der Waals surface area contributed by atoms with Gasteiger partial charge in [0, 0.05) is 6.42 Å². The van der Waals surface area contributed by atoms with E-state index in [1.54, 1.807) is 6.92 Å². The normalized spacial score (nSPS) is 10.2. The van der Waals surface area contributed by atoms with E-state index in [2.05, 4.69) is 6.58 Å². The number of unbranched alkanes of at least 4 members (excludes halogenated alkanes) is 8. The average Bonchev–Trinajstić information content (AvgIpc) is 2.20. The van der Waals surface area contributed by atoms with Crippen molar-refractivity contribution in [3.63, 3.8) is 0 Å². The summed E-state index contributed by atoms with van der Waals surface area (Å²) in [6.07, 6.45) is 14.3. The molecule has 0 fully saturated rings. The van der Waals surface area contributed by atoms with Crippen molar-refractivity contribution in [2.75, 3.05) is 0 Å². The summed E-state index contributed by atoms with van der Waals surface area (Å²) in [5.74, 6) is 0.333. The summed E-state index contributed by atoms with van der Waals surface area (Å²) < 4.78 is 0. The van der Waals surface area contributed by atoms with E-state index in [0.717, 1.165) is 12.8 Å². The van der Waals surface area contributed by atoms with Crippen molar-refractivity contribution in [2.24, 2.45) is 0 Å². The van der Waals surface area contributed by atoms with Crippen molar-refractivity contribution in [1.29, 1.82) is 0 Å². The fourth-order valence-corrected chi connectivity index (χ4v) is 1.72. The summed E-state index contributed by atoms with van der Waals surface area (Å²) in [5.41, 5.74) is 0. The zero-order chi connectivity index (χ0) is 11.4. The smallest absolute Gasteiger partial charge is 0.129 e. The molecule has 0 bridgehead atoms. The Morgan fingerprint density at radius 3 is 1.87 bits per heavy atom. The van der Waals surface area contributed by atoms with Crippen LogP contribution >= 0.6 is 0 Å². The molecule has 0 atom stereocenters. The molecule has 0 rings (SSSR count). The monoisotopic (exact) mass is 210 g/mol. The fraction of sp³-hybridized carbons (Fsp3) is 0.786. The lowest BCUT2D eigenvalue weighted by molar-refractivity contribution is -0.117. The van der Waals surface area contributed by atoms with Crippen LogP contribution < -0.4 is 0 Å². The molecule has 0 heterocycles. The maximum Gasteiger partial charge on any atom is 0.129 e. The van der Waals surface area contributed by atoms with Gasteiger partial charge in [-0.05, 0) is 26.2 Å². The van der Waals surface area contributed by atoms with Crippen LogP contribution in [0.2, 0.25) is 0 Å². The Balaban J connectivity index is 2.92. The molecule has 0 unspecified atom stereocenters. The van der Waals surface area contributed by atoms with E-state index in [0.29, 0.717) is 5.78 Å². The molecule has 0 aliphatic carbocycles. The van der Waals surface area contributed by atoms with Crippen molar-refractivity contribution in [2.45, 2.75) is 71.1 Å². The van der Waals surface area contributed by atoms with Crippen molar-refractivity contribution in [3.8, 4) is 0 Å². The number of rotatable bonds is 11. The predicted octanol–water partition coefficient (Wildman–Crippen LogP) is 4.66. The first kappa shape index (κ1) is 14.4. The number of Topliss-reactive ketones (excluding diaryl/α,β-unsaturated/α-hetero) is 1. The van der Waals surface area contributed by atoms with Crippen LogP contribution in [-0.4, -0.2) is 5.78 Å². The number of carbonyl (C=O) groups excluding carboxylic acids is 1. The molecule has 0 N–H and O–H groups in total. The van der Waals surface area contributed by atoms with E-state index in [4.69, 9.17) is 0 Å². The number of hydrogen-bond acceptors (Lipinski definition) is 1. The van der Waals surface area contributed by atoms with Crippen LogP contribution in [0.4, 0.5) is 0 Å². The molecule has 0 aromatic heterocycles. The van der Waals surface area contributed by atoms with Gasteiger partial charge in [-0.2, -0.15) is 0 Å². The maximum absolute atomic E-state index is 10.7. The standard InChI is InChI=1S/C14H26O/c1-3-4-5-6-7-8-9-10-11-12-13-14(2)15/h3H,1,4-13H2,2H3. The molecule has 0 saturated carbocycles. The van der Waals surface area contributed by atoms with Crippen molar-refractivity contribution >= 4 is 5.78 Å². The Morgan fingerprint density at radius 2 is 1.40 bits per heavy atom. The zero-order valence-corrected chi connectivity index (χ0v) is 10.3. The number of carbonyl (C=O) groups is 1. The second-order valence-electron chi connectivity index (χ2n) is 4.36. The molecule has 0 aromatic rings. The van der Waals surface area contributed by atoms with Crippen LogP contribution in [0.25, 0.3) is 0 Å². The maximum atomic E-state index is 10.7. The quantitative estimate of drug-likeness (QED) is 0.358. The minimum absolute atomic E-state index is 0.333. The van der Waals surface area contributed by atoms with Crippen molar-refractivity contribution < 1.29 is 4.79 Å². The second-order valence-corrected chi connectivity index (χ2v) is 4.36. The third-order valence-corrected chi connectivity index (χ3v) is 2.69. The lowest BCUT2D eigenvalue weighted by Crippen LogP contribution is -1.89. The van der Waals surface area contributed by atoms with Gasteiger partial charge in [0.1, 0.15) is 5.78 Å². The Kier molecular flexibility index (Phi) is 11.0. The molecule has 0 aliphatic rings. The third kappa shape index (κ3) is 13.4. The van der Waals surface area contributed by atoms with E-state index in [9.17, 15) is 4.79 Å². The van der Waals surface area contributed by atoms with E-state index in [1.165, 1.54) is 51.4 Å². The van der Waals surface area contributed by atoms with Gasteiger partial charge in [0.2, 0.25) is 0 Å². The Labute approximate surface area is 95.0 Å². The van der Waals surface area contributed by atoms with Crippen LogP contribution in [0.3, 0.4) is 0 Å². The first-order valence-electron chi connectivity index (χ1n) is 6.37. The molecule has 0 radical (unpaired) electrons. The molecule has 88 valence electrons. The predicted molar refractivity (Wildman–Crippen MR) is 67.0 cm³/mol. The molecular weight excluding hydrogens is 184 g/mol. The second kappa shape index (κ2) is 11.5. The van der Waals surface area contributed by atoms with E-state index in [-0.39, 0.29) is 0 Å². The summed E-state index contributed by atoms with van der Waals surface area (Å²) >= 11 is 0. The van der Waals surface area contributed by atoms with Crippen molar-refractivity contribution in [1.82, 2.24) is 0 Å². The lowest BCUT2D eigenvalue weighted by atomic mass is 10.1. The summed E-state index contributed by atoms with van der Waals surface area (Å²) in [7, 11) is 0. The minimum Gasteiger partial charge on any atom is -0.300 e. The van der Waals surface area contributed by atoms with Gasteiger partial charge in [-0.25, -0.2) is 0 Å². The van der Waals surface area contributed by atoms with Gasteiger partial charge in [-0.3, -0.25) is 0 Å². The summed E-state index contributed by atoms with van der Waals surface area (Å²) in [4.78, 5) is 10.7. The molecule has 0 saturated heterocycles. The molecule has 0 amide bonds. The molecule has 0 aromatic carbocycles. The summed E-state index contributed by atoms with van der Waals surface area (Å²) in [6.45, 7) is 5.40. The topological polar surface area (TPSA) is 17.1 Å². The third-order valence-electron chi connectivity index (χ3n) is 2.69. The zero-order valence-electron chi connectivity index (χ0n) is 10.3.